The summed E-state index contributed by atoms with van der Waals surface area (Å²) in [6.07, 6.45) is 3.05. The van der Waals surface area contributed by atoms with Crippen LogP contribution in [0.15, 0.2) is 24.3 Å². The van der Waals surface area contributed by atoms with E-state index in [1.54, 1.807) is 0 Å². The van der Waals surface area contributed by atoms with Gasteiger partial charge in [0, 0.05) is 30.5 Å². The Morgan fingerprint density at radius 2 is 1.54 bits per heavy atom. The van der Waals surface area contributed by atoms with E-state index < -0.39 is 0 Å². The Balaban J connectivity index is 1.56. The number of hydrogen-bond donors (Lipinski definition) is 2. The van der Waals surface area contributed by atoms with Gasteiger partial charge in [-0.2, -0.15) is 0 Å². The molecule has 2 amide bonds. The standard InChI is InChI=1S/C22H33N3O3/c1-22(2,3)24-21(27)17-10-8-16(9-11-17)20(26)23-18-6-4-5-7-19(18)25-12-14-28-15-13-25/h4-7,16-17H,8-15H2,1-3H3,(H,23,26)(H,24,27). The third-order valence-corrected chi connectivity index (χ3v) is 5.48. The first-order chi connectivity index (χ1) is 13.3. The van der Waals surface area contributed by atoms with Crippen LogP contribution in [0.5, 0.6) is 0 Å². The summed E-state index contributed by atoms with van der Waals surface area (Å²) in [5.41, 5.74) is 1.70. The summed E-state index contributed by atoms with van der Waals surface area (Å²) in [6, 6.07) is 7.96. The van der Waals surface area contributed by atoms with Gasteiger partial charge in [-0.25, -0.2) is 0 Å². The van der Waals surface area contributed by atoms with Crippen LogP contribution >= 0.6 is 0 Å². The molecule has 1 heterocycles. The van der Waals surface area contributed by atoms with E-state index in [-0.39, 0.29) is 29.2 Å². The number of anilines is 2. The number of para-hydroxylation sites is 2. The van der Waals surface area contributed by atoms with Gasteiger partial charge in [-0.15, -0.1) is 0 Å². The molecule has 2 aliphatic rings. The minimum absolute atomic E-state index is 0.0175. The highest BCUT2D eigenvalue weighted by molar-refractivity contribution is 5.96. The molecule has 0 aromatic heterocycles. The van der Waals surface area contributed by atoms with Crippen LogP contribution in [-0.2, 0) is 14.3 Å². The largest absolute Gasteiger partial charge is 0.378 e. The number of rotatable bonds is 4. The summed E-state index contributed by atoms with van der Waals surface area (Å²) in [4.78, 5) is 27.5. The molecule has 0 unspecified atom stereocenters. The van der Waals surface area contributed by atoms with Crippen molar-refractivity contribution in [3.63, 3.8) is 0 Å². The molecule has 1 aliphatic carbocycles. The van der Waals surface area contributed by atoms with E-state index in [1.165, 1.54) is 0 Å². The molecule has 3 rings (SSSR count). The number of nitrogens with zero attached hydrogens (tertiary/aromatic N) is 1. The first-order valence-corrected chi connectivity index (χ1v) is 10.4. The lowest BCUT2D eigenvalue weighted by molar-refractivity contribution is -0.129. The average Bonchev–Trinajstić information content (AvgIpc) is 2.68. The molecule has 1 saturated heterocycles. The summed E-state index contributed by atoms with van der Waals surface area (Å²) >= 11 is 0. The SMILES string of the molecule is CC(C)(C)NC(=O)C1CCC(C(=O)Nc2ccccc2N2CCOCC2)CC1. The minimum atomic E-state index is -0.214. The lowest BCUT2D eigenvalue weighted by atomic mass is 9.81. The quantitative estimate of drug-likeness (QED) is 0.832. The number of carbonyl (C=O) groups excluding carboxylic acids is 2. The molecule has 1 saturated carbocycles. The van der Waals surface area contributed by atoms with Gasteiger partial charge in [-0.05, 0) is 58.6 Å². The van der Waals surface area contributed by atoms with Gasteiger partial charge in [0.15, 0.2) is 0 Å². The lowest BCUT2D eigenvalue weighted by Crippen LogP contribution is -2.45. The molecule has 0 spiro atoms. The molecule has 0 bridgehead atoms. The molecule has 6 nitrogen and oxygen atoms in total. The topological polar surface area (TPSA) is 70.7 Å². The maximum absolute atomic E-state index is 12.9. The second-order valence-corrected chi connectivity index (χ2v) is 8.89. The second kappa shape index (κ2) is 8.95. The number of carbonyl (C=O) groups is 2. The van der Waals surface area contributed by atoms with Gasteiger partial charge in [0.05, 0.1) is 24.6 Å². The van der Waals surface area contributed by atoms with Gasteiger partial charge in [0.1, 0.15) is 0 Å². The van der Waals surface area contributed by atoms with Crippen LogP contribution in [-0.4, -0.2) is 43.7 Å². The van der Waals surface area contributed by atoms with Gasteiger partial charge in [-0.1, -0.05) is 12.1 Å². The Kier molecular flexibility index (Phi) is 6.60. The predicted octanol–water partition coefficient (Wildman–Crippen LogP) is 3.18. The molecule has 1 aromatic carbocycles. The van der Waals surface area contributed by atoms with Crippen molar-refractivity contribution in [3.05, 3.63) is 24.3 Å². The normalized spacial score (nSPS) is 23.2. The highest BCUT2D eigenvalue weighted by Crippen LogP contribution is 2.32. The molecular weight excluding hydrogens is 354 g/mol. The molecule has 6 heteroatoms. The highest BCUT2D eigenvalue weighted by Gasteiger charge is 2.31. The monoisotopic (exact) mass is 387 g/mol. The van der Waals surface area contributed by atoms with Gasteiger partial charge < -0.3 is 20.3 Å². The predicted molar refractivity (Wildman–Crippen MR) is 111 cm³/mol. The number of ether oxygens (including phenoxy) is 1. The summed E-state index contributed by atoms with van der Waals surface area (Å²) in [6.45, 7) is 9.08. The maximum Gasteiger partial charge on any atom is 0.227 e. The van der Waals surface area contributed by atoms with Gasteiger partial charge >= 0.3 is 0 Å². The van der Waals surface area contributed by atoms with Crippen LogP contribution in [0.25, 0.3) is 0 Å². The van der Waals surface area contributed by atoms with Crippen LogP contribution in [0.2, 0.25) is 0 Å². The van der Waals surface area contributed by atoms with Crippen LogP contribution < -0.4 is 15.5 Å². The first kappa shape index (κ1) is 20.6. The van der Waals surface area contributed by atoms with Crippen molar-refractivity contribution in [1.82, 2.24) is 5.32 Å². The zero-order valence-electron chi connectivity index (χ0n) is 17.3. The molecule has 2 fully saturated rings. The maximum atomic E-state index is 12.9. The number of nitrogens with one attached hydrogen (secondary N) is 2. The fourth-order valence-corrected chi connectivity index (χ4v) is 3.98. The molecule has 1 aliphatic heterocycles. The summed E-state index contributed by atoms with van der Waals surface area (Å²) < 4.78 is 5.44. The molecule has 0 atom stereocenters. The fraction of sp³-hybridized carbons (Fsp3) is 0.636. The molecule has 154 valence electrons. The van der Waals surface area contributed by atoms with E-state index in [4.69, 9.17) is 4.74 Å². The van der Waals surface area contributed by atoms with E-state index in [2.05, 4.69) is 21.6 Å². The van der Waals surface area contributed by atoms with E-state index in [0.717, 1.165) is 50.1 Å². The zero-order valence-corrected chi connectivity index (χ0v) is 17.3. The number of morpholine rings is 1. The zero-order chi connectivity index (χ0) is 20.1. The van der Waals surface area contributed by atoms with Crippen LogP contribution in [0.3, 0.4) is 0 Å². The van der Waals surface area contributed by atoms with Crippen molar-refractivity contribution in [2.75, 3.05) is 36.5 Å². The highest BCUT2D eigenvalue weighted by atomic mass is 16.5. The van der Waals surface area contributed by atoms with E-state index in [9.17, 15) is 9.59 Å². The second-order valence-electron chi connectivity index (χ2n) is 8.89. The molecule has 28 heavy (non-hydrogen) atoms. The van der Waals surface area contributed by atoms with Gasteiger partial charge in [0.25, 0.3) is 0 Å². The third-order valence-electron chi connectivity index (χ3n) is 5.48. The molecular formula is C22H33N3O3. The van der Waals surface area contributed by atoms with Crippen LogP contribution in [0.1, 0.15) is 46.5 Å². The van der Waals surface area contributed by atoms with Crippen molar-refractivity contribution in [2.24, 2.45) is 11.8 Å². The van der Waals surface area contributed by atoms with E-state index in [1.807, 2.05) is 39.0 Å². The van der Waals surface area contributed by atoms with Crippen molar-refractivity contribution < 1.29 is 14.3 Å². The van der Waals surface area contributed by atoms with Gasteiger partial charge in [-0.3, -0.25) is 9.59 Å². The van der Waals surface area contributed by atoms with E-state index in [0.29, 0.717) is 13.2 Å². The Labute approximate surface area is 168 Å². The van der Waals surface area contributed by atoms with Crippen LogP contribution in [0.4, 0.5) is 11.4 Å². The fourth-order valence-electron chi connectivity index (χ4n) is 3.98. The number of amides is 2. The molecule has 2 N–H and O–H groups in total. The lowest BCUT2D eigenvalue weighted by Gasteiger charge is -2.32. The molecule has 1 aromatic rings. The van der Waals surface area contributed by atoms with Gasteiger partial charge in [0.2, 0.25) is 11.8 Å². The number of benzene rings is 1. The minimum Gasteiger partial charge on any atom is -0.378 e. The van der Waals surface area contributed by atoms with Crippen LogP contribution in [0, 0.1) is 11.8 Å². The Bertz CT molecular complexity index is 685. The summed E-state index contributed by atoms with van der Waals surface area (Å²) in [5, 5.41) is 6.20. The summed E-state index contributed by atoms with van der Waals surface area (Å²) in [7, 11) is 0. The number of hydrogen-bond acceptors (Lipinski definition) is 4. The Hall–Kier alpha value is -2.08. The van der Waals surface area contributed by atoms with Crippen molar-refractivity contribution >= 4 is 23.2 Å². The summed E-state index contributed by atoms with van der Waals surface area (Å²) in [5.74, 6) is 0.166. The van der Waals surface area contributed by atoms with Crippen molar-refractivity contribution in [2.45, 2.75) is 52.0 Å². The van der Waals surface area contributed by atoms with E-state index >= 15 is 0 Å². The van der Waals surface area contributed by atoms with Crippen molar-refractivity contribution in [1.29, 1.82) is 0 Å². The first-order valence-electron chi connectivity index (χ1n) is 10.4. The Morgan fingerprint density at radius 1 is 0.964 bits per heavy atom. The van der Waals surface area contributed by atoms with Crippen molar-refractivity contribution in [3.8, 4) is 0 Å². The average molecular weight is 388 g/mol. The Morgan fingerprint density at radius 3 is 2.14 bits per heavy atom. The molecule has 0 radical (unpaired) electrons. The smallest absolute Gasteiger partial charge is 0.227 e. The third kappa shape index (κ3) is 5.47.